The third-order valence-electron chi connectivity index (χ3n) is 1.93. The molecule has 2 rings (SSSR count). The van der Waals surface area contributed by atoms with Crippen LogP contribution in [-0.4, -0.2) is 22.5 Å². The van der Waals surface area contributed by atoms with Gasteiger partial charge in [0.05, 0.1) is 23.5 Å². The molecule has 0 radical (unpaired) electrons. The zero-order valence-corrected chi connectivity index (χ0v) is 9.53. The molecule has 5 heteroatoms. The van der Waals surface area contributed by atoms with E-state index in [-0.39, 0.29) is 0 Å². The summed E-state index contributed by atoms with van der Waals surface area (Å²) in [6.07, 6.45) is 0. The van der Waals surface area contributed by atoms with Gasteiger partial charge in [-0.25, -0.2) is 14.8 Å². The van der Waals surface area contributed by atoms with Crippen LogP contribution in [0.5, 0.6) is 0 Å². The Balaban J connectivity index is 2.30. The number of hydrogen-bond donors (Lipinski definition) is 0. The van der Waals surface area contributed by atoms with Crippen LogP contribution in [0.3, 0.4) is 0 Å². The molecule has 0 amide bonds. The minimum absolute atomic E-state index is 0.312. The van der Waals surface area contributed by atoms with Crippen molar-refractivity contribution in [3.05, 3.63) is 34.8 Å². The summed E-state index contributed by atoms with van der Waals surface area (Å²) in [5.41, 5.74) is 3.50. The van der Waals surface area contributed by atoms with Crippen LogP contribution in [0.15, 0.2) is 29.1 Å². The summed E-state index contributed by atoms with van der Waals surface area (Å²) >= 11 is 1.49. The van der Waals surface area contributed by atoms with Crippen molar-refractivity contribution in [3.8, 4) is 11.4 Å². The van der Waals surface area contributed by atoms with E-state index >= 15 is 0 Å². The van der Waals surface area contributed by atoms with Crippen molar-refractivity contribution in [2.45, 2.75) is 6.92 Å². The van der Waals surface area contributed by atoms with E-state index in [9.17, 15) is 4.79 Å². The summed E-state index contributed by atoms with van der Waals surface area (Å²) < 4.78 is 4.88. The van der Waals surface area contributed by atoms with Gasteiger partial charge in [0.1, 0.15) is 5.69 Å². The first kappa shape index (κ1) is 10.8. The maximum atomic E-state index is 11.5. The van der Waals surface area contributed by atoms with Gasteiger partial charge in [-0.3, -0.25) is 0 Å². The monoisotopic (exact) mass is 234 g/mol. The molecule has 0 bridgehead atoms. The largest absolute Gasteiger partial charge is 0.461 e. The normalized spacial score (nSPS) is 10.1. The van der Waals surface area contributed by atoms with Gasteiger partial charge in [0.15, 0.2) is 0 Å². The molecule has 0 saturated carbocycles. The van der Waals surface area contributed by atoms with Crippen LogP contribution in [0, 0.1) is 0 Å². The maximum absolute atomic E-state index is 11.5. The average Bonchev–Trinajstić information content (AvgIpc) is 2.83. The molecule has 0 spiro atoms. The smallest absolute Gasteiger partial charge is 0.356 e. The first-order chi connectivity index (χ1) is 7.81. The van der Waals surface area contributed by atoms with E-state index in [4.69, 9.17) is 4.74 Å². The van der Waals surface area contributed by atoms with Crippen LogP contribution in [0.1, 0.15) is 17.4 Å². The van der Waals surface area contributed by atoms with Gasteiger partial charge < -0.3 is 4.74 Å². The molecule has 0 fully saturated rings. The lowest BCUT2D eigenvalue weighted by molar-refractivity contribution is 0.0519. The molecule has 4 nitrogen and oxygen atoms in total. The number of carbonyl (C=O) groups excluding carboxylic acids is 1. The number of aromatic nitrogens is 2. The van der Waals surface area contributed by atoms with Gasteiger partial charge in [-0.15, -0.1) is 11.3 Å². The molecule has 0 atom stereocenters. The van der Waals surface area contributed by atoms with Crippen LogP contribution in [0.2, 0.25) is 0 Å². The van der Waals surface area contributed by atoms with E-state index in [0.717, 1.165) is 5.69 Å². The fraction of sp³-hybridized carbons (Fsp3) is 0.182. The summed E-state index contributed by atoms with van der Waals surface area (Å²) in [7, 11) is 0. The van der Waals surface area contributed by atoms with Gasteiger partial charge in [-0.2, -0.15) is 0 Å². The highest BCUT2D eigenvalue weighted by Gasteiger charge is 2.09. The molecule has 0 aliphatic rings. The number of pyridine rings is 1. The summed E-state index contributed by atoms with van der Waals surface area (Å²) in [5, 5.41) is 1.89. The third-order valence-corrected chi connectivity index (χ3v) is 2.51. The molecular weight excluding hydrogens is 224 g/mol. The molecule has 0 unspecified atom stereocenters. The Labute approximate surface area is 96.9 Å². The molecule has 0 aliphatic carbocycles. The number of rotatable bonds is 3. The van der Waals surface area contributed by atoms with Gasteiger partial charge in [-0.1, -0.05) is 6.07 Å². The van der Waals surface area contributed by atoms with Crippen molar-refractivity contribution >= 4 is 17.3 Å². The van der Waals surface area contributed by atoms with Crippen LogP contribution in [-0.2, 0) is 4.74 Å². The van der Waals surface area contributed by atoms with Gasteiger partial charge in [0.2, 0.25) is 0 Å². The van der Waals surface area contributed by atoms with E-state index in [2.05, 4.69) is 9.97 Å². The zero-order valence-electron chi connectivity index (χ0n) is 8.71. The van der Waals surface area contributed by atoms with Gasteiger partial charge >= 0.3 is 5.97 Å². The number of ether oxygens (including phenoxy) is 1. The van der Waals surface area contributed by atoms with Gasteiger partial charge in [0.25, 0.3) is 0 Å². The lowest BCUT2D eigenvalue weighted by Gasteiger charge is -2.02. The second-order valence-electron chi connectivity index (χ2n) is 3.00. The van der Waals surface area contributed by atoms with Crippen molar-refractivity contribution in [2.75, 3.05) is 6.61 Å². The topological polar surface area (TPSA) is 52.1 Å². The molecule has 0 aliphatic heterocycles. The Hall–Kier alpha value is -1.75. The molecule has 82 valence electrons. The summed E-state index contributed by atoms with van der Waals surface area (Å²) in [5.74, 6) is -0.403. The van der Waals surface area contributed by atoms with E-state index in [1.54, 1.807) is 24.6 Å². The molecular formula is C11H10N2O2S. The summed E-state index contributed by atoms with van der Waals surface area (Å²) in [6, 6.07) is 5.22. The Morgan fingerprint density at radius 2 is 2.31 bits per heavy atom. The van der Waals surface area contributed by atoms with Crippen LogP contribution >= 0.6 is 11.3 Å². The van der Waals surface area contributed by atoms with Crippen LogP contribution in [0.4, 0.5) is 0 Å². The first-order valence-corrected chi connectivity index (χ1v) is 5.78. The highest BCUT2D eigenvalue weighted by molar-refractivity contribution is 7.07. The van der Waals surface area contributed by atoms with Gasteiger partial charge in [-0.05, 0) is 19.1 Å². The quantitative estimate of drug-likeness (QED) is 0.765. The molecule has 2 heterocycles. The van der Waals surface area contributed by atoms with E-state index in [1.165, 1.54) is 11.3 Å². The van der Waals surface area contributed by atoms with E-state index in [0.29, 0.717) is 18.0 Å². The van der Waals surface area contributed by atoms with Crippen molar-refractivity contribution in [3.63, 3.8) is 0 Å². The maximum Gasteiger partial charge on any atom is 0.356 e. The SMILES string of the molecule is CCOC(=O)c1cccc(-c2cscn2)n1. The number of carbonyl (C=O) groups is 1. The van der Waals surface area contributed by atoms with Gasteiger partial charge in [0, 0.05) is 5.38 Å². The fourth-order valence-electron chi connectivity index (χ4n) is 1.24. The highest BCUT2D eigenvalue weighted by atomic mass is 32.1. The van der Waals surface area contributed by atoms with Crippen LogP contribution in [0.25, 0.3) is 11.4 Å². The number of esters is 1. The summed E-state index contributed by atoms with van der Waals surface area (Å²) in [6.45, 7) is 2.11. The lowest BCUT2D eigenvalue weighted by Crippen LogP contribution is -2.07. The Morgan fingerprint density at radius 1 is 1.44 bits per heavy atom. The minimum atomic E-state index is -0.403. The molecule has 2 aromatic heterocycles. The number of nitrogens with zero attached hydrogens (tertiary/aromatic N) is 2. The molecule has 0 saturated heterocycles. The van der Waals surface area contributed by atoms with Crippen LogP contribution < -0.4 is 0 Å². The predicted octanol–water partition coefficient (Wildman–Crippen LogP) is 2.38. The third kappa shape index (κ3) is 2.25. The Bertz CT molecular complexity index is 482. The highest BCUT2D eigenvalue weighted by Crippen LogP contribution is 2.16. The zero-order chi connectivity index (χ0) is 11.4. The average molecular weight is 234 g/mol. The standard InChI is InChI=1S/C11H10N2O2S/c1-2-15-11(14)9-5-3-4-8(13-9)10-6-16-7-12-10/h3-7H,2H2,1H3. The summed E-state index contributed by atoms with van der Waals surface area (Å²) in [4.78, 5) is 19.8. The molecule has 0 aromatic carbocycles. The van der Waals surface area contributed by atoms with Crippen molar-refractivity contribution < 1.29 is 9.53 Å². The Kier molecular flexibility index (Phi) is 3.26. The van der Waals surface area contributed by atoms with E-state index < -0.39 is 5.97 Å². The molecule has 16 heavy (non-hydrogen) atoms. The van der Waals surface area contributed by atoms with E-state index in [1.807, 2.05) is 11.4 Å². The number of thiazole rings is 1. The fourth-order valence-corrected chi connectivity index (χ4v) is 1.78. The van der Waals surface area contributed by atoms with Crippen molar-refractivity contribution in [1.82, 2.24) is 9.97 Å². The molecule has 0 N–H and O–H groups in total. The second kappa shape index (κ2) is 4.85. The second-order valence-corrected chi connectivity index (χ2v) is 3.72. The predicted molar refractivity (Wildman–Crippen MR) is 61.3 cm³/mol. The first-order valence-electron chi connectivity index (χ1n) is 4.84. The number of hydrogen-bond acceptors (Lipinski definition) is 5. The minimum Gasteiger partial charge on any atom is -0.461 e. The Morgan fingerprint density at radius 3 is 3.00 bits per heavy atom. The van der Waals surface area contributed by atoms with Crippen molar-refractivity contribution in [2.24, 2.45) is 0 Å². The molecule has 2 aromatic rings. The lowest BCUT2D eigenvalue weighted by atomic mass is 10.2. The van der Waals surface area contributed by atoms with Crippen molar-refractivity contribution in [1.29, 1.82) is 0 Å².